The van der Waals surface area contributed by atoms with E-state index in [1.807, 2.05) is 49.4 Å². The molecule has 29 heavy (non-hydrogen) atoms. The molecule has 0 spiro atoms. The summed E-state index contributed by atoms with van der Waals surface area (Å²) in [7, 11) is 4.13. The monoisotopic (exact) mass is 388 g/mol. The molecular weight excluding hydrogens is 364 g/mol. The fourth-order valence-electron chi connectivity index (χ4n) is 3.22. The lowest BCUT2D eigenvalue weighted by atomic mass is 10.1. The van der Waals surface area contributed by atoms with Gasteiger partial charge in [0, 0.05) is 47.5 Å². The van der Waals surface area contributed by atoms with Gasteiger partial charge in [-0.3, -0.25) is 4.79 Å². The molecule has 0 radical (unpaired) electrons. The Morgan fingerprint density at radius 3 is 2.66 bits per heavy atom. The molecule has 0 saturated carbocycles. The summed E-state index contributed by atoms with van der Waals surface area (Å²) in [5.41, 5.74) is 4.59. The predicted molar refractivity (Wildman–Crippen MR) is 115 cm³/mol. The van der Waals surface area contributed by atoms with Crippen LogP contribution in [-0.4, -0.2) is 41.2 Å². The second kappa shape index (κ2) is 7.93. The van der Waals surface area contributed by atoms with Gasteiger partial charge in [-0.2, -0.15) is 0 Å². The zero-order valence-corrected chi connectivity index (χ0v) is 16.8. The molecule has 2 heterocycles. The van der Waals surface area contributed by atoms with Gasteiger partial charge >= 0.3 is 0 Å². The standard InChI is InChI=1S/C23H24N4O2/c1-16-4-6-17(7-5-16)20-15-22(29-25-20)23(28)24-19-8-9-21-18(14-19)10-11-27(21)13-12-26(2)3/h4-11,14-15H,12-13H2,1-3H3,(H,24,28). The number of hydrogen-bond donors (Lipinski definition) is 1. The Hall–Kier alpha value is -3.38. The first-order chi connectivity index (χ1) is 14.0. The van der Waals surface area contributed by atoms with Crippen molar-refractivity contribution in [1.29, 1.82) is 0 Å². The Labute approximate surface area is 169 Å². The maximum absolute atomic E-state index is 12.6. The quantitative estimate of drug-likeness (QED) is 0.531. The van der Waals surface area contributed by atoms with E-state index in [1.54, 1.807) is 6.07 Å². The van der Waals surface area contributed by atoms with E-state index in [-0.39, 0.29) is 11.7 Å². The van der Waals surface area contributed by atoms with Crippen molar-refractivity contribution in [1.82, 2.24) is 14.6 Å². The number of aromatic nitrogens is 2. The third kappa shape index (κ3) is 4.22. The summed E-state index contributed by atoms with van der Waals surface area (Å²) in [6.07, 6.45) is 2.07. The molecule has 6 nitrogen and oxygen atoms in total. The molecule has 2 aromatic heterocycles. The minimum Gasteiger partial charge on any atom is -0.350 e. The number of rotatable bonds is 6. The lowest BCUT2D eigenvalue weighted by Crippen LogP contribution is -2.17. The van der Waals surface area contributed by atoms with Crippen molar-refractivity contribution in [2.45, 2.75) is 13.5 Å². The number of hydrogen-bond acceptors (Lipinski definition) is 4. The van der Waals surface area contributed by atoms with Crippen LogP contribution < -0.4 is 5.32 Å². The van der Waals surface area contributed by atoms with Crippen molar-refractivity contribution in [3.63, 3.8) is 0 Å². The van der Waals surface area contributed by atoms with Gasteiger partial charge < -0.3 is 19.3 Å². The maximum Gasteiger partial charge on any atom is 0.294 e. The average molecular weight is 388 g/mol. The molecule has 2 aromatic carbocycles. The number of anilines is 1. The number of likely N-dealkylation sites (N-methyl/N-ethyl adjacent to an activating group) is 1. The first-order valence-electron chi connectivity index (χ1n) is 9.58. The Kier molecular flexibility index (Phi) is 5.18. The summed E-state index contributed by atoms with van der Waals surface area (Å²) in [5, 5.41) is 8.00. The van der Waals surface area contributed by atoms with E-state index in [0.717, 1.165) is 35.2 Å². The van der Waals surface area contributed by atoms with Crippen molar-refractivity contribution >= 4 is 22.5 Å². The van der Waals surface area contributed by atoms with Crippen molar-refractivity contribution < 1.29 is 9.32 Å². The van der Waals surface area contributed by atoms with Gasteiger partial charge in [-0.25, -0.2) is 0 Å². The first kappa shape index (κ1) is 19.0. The number of nitrogens with zero attached hydrogens (tertiary/aromatic N) is 3. The minimum atomic E-state index is -0.317. The third-order valence-electron chi connectivity index (χ3n) is 4.90. The molecule has 4 rings (SSSR count). The molecule has 0 bridgehead atoms. The van der Waals surface area contributed by atoms with Crippen LogP contribution in [-0.2, 0) is 6.54 Å². The second-order valence-electron chi connectivity index (χ2n) is 7.48. The fourth-order valence-corrected chi connectivity index (χ4v) is 3.22. The molecule has 1 amide bonds. The summed E-state index contributed by atoms with van der Waals surface area (Å²) >= 11 is 0. The van der Waals surface area contributed by atoms with Crippen LogP contribution in [0.1, 0.15) is 16.1 Å². The molecule has 0 aliphatic carbocycles. The summed E-state index contributed by atoms with van der Waals surface area (Å²) in [6, 6.07) is 17.6. The predicted octanol–water partition coefficient (Wildman–Crippen LogP) is 4.42. The van der Waals surface area contributed by atoms with Gasteiger partial charge in [0.1, 0.15) is 5.69 Å². The number of amides is 1. The van der Waals surface area contributed by atoms with E-state index in [4.69, 9.17) is 4.52 Å². The molecule has 6 heteroatoms. The molecule has 0 unspecified atom stereocenters. The molecule has 4 aromatic rings. The molecule has 1 N–H and O–H groups in total. The van der Waals surface area contributed by atoms with Gasteiger partial charge in [-0.15, -0.1) is 0 Å². The van der Waals surface area contributed by atoms with Crippen LogP contribution in [0.2, 0.25) is 0 Å². The van der Waals surface area contributed by atoms with Gasteiger partial charge in [-0.1, -0.05) is 35.0 Å². The minimum absolute atomic E-state index is 0.184. The number of fused-ring (bicyclic) bond motifs is 1. The number of aryl methyl sites for hydroxylation is 1. The van der Waals surface area contributed by atoms with Crippen LogP contribution in [0.5, 0.6) is 0 Å². The largest absolute Gasteiger partial charge is 0.350 e. The summed E-state index contributed by atoms with van der Waals surface area (Å²) in [5.74, 6) is -0.133. The van der Waals surface area contributed by atoms with Crippen molar-refractivity contribution in [3.8, 4) is 11.3 Å². The Morgan fingerprint density at radius 1 is 1.10 bits per heavy atom. The average Bonchev–Trinajstić information content (AvgIpc) is 3.34. The second-order valence-corrected chi connectivity index (χ2v) is 7.48. The van der Waals surface area contributed by atoms with E-state index in [0.29, 0.717) is 5.69 Å². The molecule has 0 fully saturated rings. The van der Waals surface area contributed by atoms with Crippen LogP contribution in [0.25, 0.3) is 22.2 Å². The normalized spacial score (nSPS) is 11.3. The third-order valence-corrected chi connectivity index (χ3v) is 4.90. The summed E-state index contributed by atoms with van der Waals surface area (Å²) < 4.78 is 7.47. The summed E-state index contributed by atoms with van der Waals surface area (Å²) in [4.78, 5) is 14.7. The van der Waals surface area contributed by atoms with E-state index in [1.165, 1.54) is 5.56 Å². The van der Waals surface area contributed by atoms with Crippen LogP contribution in [0.4, 0.5) is 5.69 Å². The zero-order chi connectivity index (χ0) is 20.4. The van der Waals surface area contributed by atoms with Gasteiger partial charge in [-0.05, 0) is 45.3 Å². The van der Waals surface area contributed by atoms with Crippen LogP contribution in [0.15, 0.2) is 65.3 Å². The van der Waals surface area contributed by atoms with Gasteiger partial charge in [0.2, 0.25) is 5.76 Å². The van der Waals surface area contributed by atoms with E-state index < -0.39 is 0 Å². The van der Waals surface area contributed by atoms with E-state index >= 15 is 0 Å². The van der Waals surface area contributed by atoms with Crippen molar-refractivity contribution in [3.05, 3.63) is 72.1 Å². The van der Waals surface area contributed by atoms with Crippen LogP contribution >= 0.6 is 0 Å². The number of nitrogens with one attached hydrogen (secondary N) is 1. The highest BCUT2D eigenvalue weighted by atomic mass is 16.5. The van der Waals surface area contributed by atoms with Crippen molar-refractivity contribution in [2.24, 2.45) is 0 Å². The van der Waals surface area contributed by atoms with Gasteiger partial charge in [0.05, 0.1) is 0 Å². The number of carbonyl (C=O) groups is 1. The fraction of sp³-hybridized carbons (Fsp3) is 0.217. The molecule has 148 valence electrons. The zero-order valence-electron chi connectivity index (χ0n) is 16.8. The SMILES string of the molecule is Cc1ccc(-c2cc(C(=O)Nc3ccc4c(ccn4CCN(C)C)c3)on2)cc1. The molecule has 0 saturated heterocycles. The highest BCUT2D eigenvalue weighted by molar-refractivity contribution is 6.03. The Balaban J connectivity index is 1.48. The molecule has 0 aliphatic heterocycles. The molecule has 0 atom stereocenters. The maximum atomic E-state index is 12.6. The van der Waals surface area contributed by atoms with Crippen molar-refractivity contribution in [2.75, 3.05) is 26.0 Å². The smallest absolute Gasteiger partial charge is 0.294 e. The highest BCUT2D eigenvalue weighted by Crippen LogP contribution is 2.23. The lowest BCUT2D eigenvalue weighted by molar-refractivity contribution is 0.0988. The highest BCUT2D eigenvalue weighted by Gasteiger charge is 2.15. The Bertz CT molecular complexity index is 1140. The summed E-state index contributed by atoms with van der Waals surface area (Å²) in [6.45, 7) is 3.91. The molecular formula is C23H24N4O2. The Morgan fingerprint density at radius 2 is 1.90 bits per heavy atom. The lowest BCUT2D eigenvalue weighted by Gasteiger charge is -2.11. The van der Waals surface area contributed by atoms with E-state index in [9.17, 15) is 4.79 Å². The van der Waals surface area contributed by atoms with E-state index in [2.05, 4.69) is 46.3 Å². The number of carbonyl (C=O) groups excluding carboxylic acids is 1. The topological polar surface area (TPSA) is 63.3 Å². The number of benzene rings is 2. The van der Waals surface area contributed by atoms with Crippen LogP contribution in [0.3, 0.4) is 0 Å². The van der Waals surface area contributed by atoms with Gasteiger partial charge in [0.15, 0.2) is 0 Å². The first-order valence-corrected chi connectivity index (χ1v) is 9.58. The van der Waals surface area contributed by atoms with Crippen LogP contribution in [0, 0.1) is 6.92 Å². The van der Waals surface area contributed by atoms with Gasteiger partial charge in [0.25, 0.3) is 5.91 Å². The molecule has 0 aliphatic rings.